The quantitative estimate of drug-likeness (QED) is 0.399. The van der Waals surface area contributed by atoms with Gasteiger partial charge in [0.2, 0.25) is 0 Å². The normalized spacial score (nSPS) is 14.5. The van der Waals surface area contributed by atoms with E-state index >= 15 is 0 Å². The van der Waals surface area contributed by atoms with Crippen molar-refractivity contribution in [3.05, 3.63) is 60.2 Å². The molecule has 2 aromatic rings. The Balaban J connectivity index is 1.49. The van der Waals surface area contributed by atoms with E-state index in [-0.39, 0.29) is 5.91 Å². The van der Waals surface area contributed by atoms with E-state index in [1.54, 1.807) is 12.1 Å². The van der Waals surface area contributed by atoms with Crippen LogP contribution in [-0.2, 0) is 0 Å². The van der Waals surface area contributed by atoms with E-state index in [1.165, 1.54) is 25.7 Å². The van der Waals surface area contributed by atoms with E-state index in [2.05, 4.69) is 10.6 Å². The van der Waals surface area contributed by atoms with Gasteiger partial charge in [-0.05, 0) is 49.3 Å². The molecule has 0 spiro atoms. The molecule has 1 aliphatic carbocycles. The van der Waals surface area contributed by atoms with Gasteiger partial charge in [-0.25, -0.2) is 0 Å². The van der Waals surface area contributed by atoms with Crippen LogP contribution in [0.25, 0.3) is 0 Å². The van der Waals surface area contributed by atoms with Crippen LogP contribution in [0.1, 0.15) is 48.9 Å². The number of thiocarbonyl (C=S) groups is 1. The zero-order chi connectivity index (χ0) is 20.3. The predicted octanol–water partition coefficient (Wildman–Crippen LogP) is 4.47. The first kappa shape index (κ1) is 21.1. The number of hydrogen-bond acceptors (Lipinski definition) is 4. The molecule has 1 aliphatic rings. The highest BCUT2D eigenvalue weighted by Gasteiger charge is 2.17. The number of nitrogens with one attached hydrogen (secondary N) is 2. The summed E-state index contributed by atoms with van der Waals surface area (Å²) in [5.41, 5.74) is 0.456. The summed E-state index contributed by atoms with van der Waals surface area (Å²) in [5, 5.41) is 6.46. The molecular weight excluding hydrogens is 384 g/mol. The molecule has 1 amide bonds. The van der Waals surface area contributed by atoms with Crippen molar-refractivity contribution >= 4 is 23.2 Å². The second-order valence-electron chi connectivity index (χ2n) is 7.12. The lowest BCUT2D eigenvalue weighted by molar-refractivity contribution is 0.0971. The van der Waals surface area contributed by atoms with Crippen molar-refractivity contribution in [2.45, 2.75) is 44.6 Å². The molecule has 2 N–H and O–H groups in total. The van der Waals surface area contributed by atoms with Gasteiger partial charge in [-0.2, -0.15) is 0 Å². The van der Waals surface area contributed by atoms with Crippen molar-refractivity contribution in [1.29, 1.82) is 0 Å². The molecule has 0 atom stereocenters. The highest BCUT2D eigenvalue weighted by molar-refractivity contribution is 7.80. The molecule has 0 aromatic heterocycles. The largest absolute Gasteiger partial charge is 0.490 e. The van der Waals surface area contributed by atoms with Crippen LogP contribution in [0, 0.1) is 0 Å². The van der Waals surface area contributed by atoms with Crippen molar-refractivity contribution in [2.24, 2.45) is 0 Å². The number of amides is 1. The Morgan fingerprint density at radius 1 is 0.897 bits per heavy atom. The second-order valence-corrected chi connectivity index (χ2v) is 7.53. The van der Waals surface area contributed by atoms with Crippen LogP contribution in [0.4, 0.5) is 0 Å². The molecule has 0 aliphatic heterocycles. The second kappa shape index (κ2) is 11.4. The van der Waals surface area contributed by atoms with Gasteiger partial charge in [0.15, 0.2) is 5.11 Å². The van der Waals surface area contributed by atoms with Crippen LogP contribution >= 0.6 is 12.2 Å². The van der Waals surface area contributed by atoms with Crippen LogP contribution in [0.15, 0.2) is 54.6 Å². The maximum Gasteiger partial charge on any atom is 0.261 e. The van der Waals surface area contributed by atoms with Crippen molar-refractivity contribution in [3.63, 3.8) is 0 Å². The van der Waals surface area contributed by atoms with Crippen LogP contribution in [-0.4, -0.2) is 30.3 Å². The number of para-hydroxylation sites is 2. The molecule has 0 saturated heterocycles. The lowest BCUT2D eigenvalue weighted by atomic mass is 10.1. The van der Waals surface area contributed by atoms with Crippen LogP contribution < -0.4 is 20.1 Å². The van der Waals surface area contributed by atoms with Crippen LogP contribution in [0.5, 0.6) is 11.5 Å². The fraction of sp³-hybridized carbons (Fsp3) is 0.391. The fourth-order valence-electron chi connectivity index (χ4n) is 3.42. The molecule has 29 heavy (non-hydrogen) atoms. The van der Waals surface area contributed by atoms with Gasteiger partial charge in [-0.15, -0.1) is 0 Å². The summed E-state index contributed by atoms with van der Waals surface area (Å²) in [6.07, 6.45) is 7.14. The SMILES string of the molecule is O=C(NC(=S)NC1CCCCCC1)c1ccccc1OCCOc1ccccc1. The van der Waals surface area contributed by atoms with Gasteiger partial charge in [-0.1, -0.05) is 56.0 Å². The first-order valence-electron chi connectivity index (χ1n) is 10.2. The zero-order valence-electron chi connectivity index (χ0n) is 16.6. The number of rotatable bonds is 7. The van der Waals surface area contributed by atoms with Crippen LogP contribution in [0.3, 0.4) is 0 Å². The Morgan fingerprint density at radius 2 is 1.55 bits per heavy atom. The summed E-state index contributed by atoms with van der Waals surface area (Å²) in [4.78, 5) is 12.7. The van der Waals surface area contributed by atoms with E-state index in [0.29, 0.717) is 35.7 Å². The zero-order valence-corrected chi connectivity index (χ0v) is 17.4. The molecule has 5 nitrogen and oxygen atoms in total. The molecule has 1 saturated carbocycles. The smallest absolute Gasteiger partial charge is 0.261 e. The van der Waals surface area contributed by atoms with E-state index in [4.69, 9.17) is 21.7 Å². The Hall–Kier alpha value is -2.60. The summed E-state index contributed by atoms with van der Waals surface area (Å²) >= 11 is 5.36. The lowest BCUT2D eigenvalue weighted by Crippen LogP contribution is -2.44. The van der Waals surface area contributed by atoms with Gasteiger partial charge in [0.1, 0.15) is 24.7 Å². The third-order valence-corrected chi connectivity index (χ3v) is 5.12. The van der Waals surface area contributed by atoms with Gasteiger partial charge in [0.25, 0.3) is 5.91 Å². The Bertz CT molecular complexity index is 790. The number of carbonyl (C=O) groups excluding carboxylic acids is 1. The van der Waals surface area contributed by atoms with Crippen molar-refractivity contribution < 1.29 is 14.3 Å². The van der Waals surface area contributed by atoms with Crippen LogP contribution in [0.2, 0.25) is 0 Å². The molecule has 0 unspecified atom stereocenters. The minimum atomic E-state index is -0.268. The Morgan fingerprint density at radius 3 is 2.31 bits per heavy atom. The molecule has 154 valence electrons. The minimum absolute atomic E-state index is 0.268. The number of benzene rings is 2. The van der Waals surface area contributed by atoms with Gasteiger partial charge < -0.3 is 14.8 Å². The molecular formula is C23H28N2O3S. The summed E-state index contributed by atoms with van der Waals surface area (Å²) in [6, 6.07) is 17.1. The van der Waals surface area contributed by atoms with Gasteiger partial charge >= 0.3 is 0 Å². The topological polar surface area (TPSA) is 59.6 Å². The third-order valence-electron chi connectivity index (χ3n) is 4.90. The van der Waals surface area contributed by atoms with E-state index < -0.39 is 0 Å². The van der Waals surface area contributed by atoms with Gasteiger partial charge in [0.05, 0.1) is 5.56 Å². The van der Waals surface area contributed by atoms with Crippen molar-refractivity contribution in [2.75, 3.05) is 13.2 Å². The molecule has 3 rings (SSSR count). The summed E-state index contributed by atoms with van der Waals surface area (Å²) in [5.74, 6) is 1.03. The molecule has 2 aromatic carbocycles. The fourth-order valence-corrected chi connectivity index (χ4v) is 3.68. The summed E-state index contributed by atoms with van der Waals surface area (Å²) < 4.78 is 11.4. The molecule has 0 heterocycles. The average molecular weight is 413 g/mol. The first-order valence-corrected chi connectivity index (χ1v) is 10.6. The van der Waals surface area contributed by atoms with Crippen molar-refractivity contribution in [1.82, 2.24) is 10.6 Å². The van der Waals surface area contributed by atoms with Crippen molar-refractivity contribution in [3.8, 4) is 11.5 Å². The first-order chi connectivity index (χ1) is 14.2. The standard InChI is InChI=1S/C23H28N2O3S/c26-22(25-23(29)24-18-10-4-1-2-5-11-18)20-14-8-9-15-21(20)28-17-16-27-19-12-6-3-7-13-19/h3,6-9,12-15,18H,1-2,4-5,10-11,16-17H2,(H2,24,25,26,29). The maximum absolute atomic E-state index is 12.7. The highest BCUT2D eigenvalue weighted by atomic mass is 32.1. The maximum atomic E-state index is 12.7. The molecule has 6 heteroatoms. The Kier molecular flexibility index (Phi) is 8.31. The monoisotopic (exact) mass is 412 g/mol. The van der Waals surface area contributed by atoms with Gasteiger partial charge in [-0.3, -0.25) is 10.1 Å². The third kappa shape index (κ3) is 7.06. The minimum Gasteiger partial charge on any atom is -0.490 e. The van der Waals surface area contributed by atoms with E-state index in [0.717, 1.165) is 18.6 Å². The predicted molar refractivity (Wildman–Crippen MR) is 119 cm³/mol. The molecule has 1 fully saturated rings. The van der Waals surface area contributed by atoms with Gasteiger partial charge in [0, 0.05) is 6.04 Å². The number of hydrogen-bond donors (Lipinski definition) is 2. The average Bonchev–Trinajstić information content (AvgIpc) is 3.01. The number of ether oxygens (including phenoxy) is 2. The lowest BCUT2D eigenvalue weighted by Gasteiger charge is -2.19. The summed E-state index contributed by atoms with van der Waals surface area (Å²) in [6.45, 7) is 0.728. The summed E-state index contributed by atoms with van der Waals surface area (Å²) in [7, 11) is 0. The molecule has 0 radical (unpaired) electrons. The highest BCUT2D eigenvalue weighted by Crippen LogP contribution is 2.19. The van der Waals surface area contributed by atoms with E-state index in [9.17, 15) is 4.79 Å². The molecule has 0 bridgehead atoms. The Labute approximate surface area is 177 Å². The van der Waals surface area contributed by atoms with E-state index in [1.807, 2.05) is 42.5 Å². The number of carbonyl (C=O) groups is 1.